The Kier molecular flexibility index (Phi) is 5.51. The van der Waals surface area contributed by atoms with Crippen LogP contribution in [0.5, 0.6) is 0 Å². The summed E-state index contributed by atoms with van der Waals surface area (Å²) < 4.78 is 9.47. The number of nitriles is 1. The monoisotopic (exact) mass is 479 g/mol. The number of aromatic nitrogens is 9. The molecule has 1 aliphatic rings. The lowest BCUT2D eigenvalue weighted by molar-refractivity contribution is 0.0273. The number of fused-ring (bicyclic) bond motifs is 1. The van der Waals surface area contributed by atoms with Crippen LogP contribution in [-0.2, 0) is 18.3 Å². The lowest BCUT2D eigenvalue weighted by atomic mass is 10.1. The van der Waals surface area contributed by atoms with Crippen molar-refractivity contribution in [2.24, 2.45) is 7.05 Å². The van der Waals surface area contributed by atoms with Crippen molar-refractivity contribution >= 4 is 17.2 Å². The van der Waals surface area contributed by atoms with Gasteiger partial charge in [-0.3, -0.25) is 4.68 Å². The largest absolute Gasteiger partial charge is 0.373 e. The first-order valence-corrected chi connectivity index (χ1v) is 11.4. The van der Waals surface area contributed by atoms with Crippen LogP contribution in [0, 0.1) is 11.3 Å². The van der Waals surface area contributed by atoms with E-state index in [1.54, 1.807) is 33.9 Å². The molecule has 1 aromatic carbocycles. The van der Waals surface area contributed by atoms with E-state index < -0.39 is 0 Å². The molecule has 178 valence electrons. The maximum Gasteiger partial charge on any atom is 0.225 e. The van der Waals surface area contributed by atoms with Crippen molar-refractivity contribution < 1.29 is 4.74 Å². The van der Waals surface area contributed by atoms with E-state index in [2.05, 4.69) is 41.3 Å². The van der Waals surface area contributed by atoms with E-state index in [0.717, 1.165) is 16.7 Å². The first-order valence-electron chi connectivity index (χ1n) is 11.4. The smallest absolute Gasteiger partial charge is 0.225 e. The Bertz CT molecular complexity index is 1570. The number of ether oxygens (including phenoxy) is 1. The molecule has 12 heteroatoms. The minimum Gasteiger partial charge on any atom is -0.373 e. The lowest BCUT2D eigenvalue weighted by Gasteiger charge is -2.32. The van der Waals surface area contributed by atoms with E-state index in [1.807, 2.05) is 37.8 Å². The summed E-state index contributed by atoms with van der Waals surface area (Å²) in [5.74, 6) is 0.652. The third kappa shape index (κ3) is 4.23. The summed E-state index contributed by atoms with van der Waals surface area (Å²) >= 11 is 0. The SMILES string of the molecule is Cn1cc(-c2cnc(N3CCO[C@@H](Cn4nnc5ncc(-c6cccc(C#N)c6)nc54)C3)nc2)cn1. The summed E-state index contributed by atoms with van der Waals surface area (Å²) in [6.07, 6.45) is 8.83. The van der Waals surface area contributed by atoms with Crippen molar-refractivity contribution in [3.8, 4) is 28.5 Å². The molecule has 1 aliphatic heterocycles. The second-order valence-electron chi connectivity index (χ2n) is 8.48. The number of rotatable bonds is 5. The maximum absolute atomic E-state index is 9.20. The third-order valence-corrected chi connectivity index (χ3v) is 5.99. The minimum absolute atomic E-state index is 0.155. The molecule has 1 saturated heterocycles. The Morgan fingerprint density at radius 3 is 2.78 bits per heavy atom. The van der Waals surface area contributed by atoms with Gasteiger partial charge in [0.2, 0.25) is 11.6 Å². The highest BCUT2D eigenvalue weighted by molar-refractivity contribution is 5.70. The highest BCUT2D eigenvalue weighted by Gasteiger charge is 2.24. The van der Waals surface area contributed by atoms with Gasteiger partial charge in [0.05, 0.1) is 49.0 Å². The van der Waals surface area contributed by atoms with E-state index in [4.69, 9.17) is 9.72 Å². The van der Waals surface area contributed by atoms with Crippen LogP contribution in [0.4, 0.5) is 5.95 Å². The highest BCUT2D eigenvalue weighted by Crippen LogP contribution is 2.22. The Hall–Kier alpha value is -4.76. The zero-order valence-electron chi connectivity index (χ0n) is 19.4. The van der Waals surface area contributed by atoms with Crippen LogP contribution >= 0.6 is 0 Å². The average molecular weight is 480 g/mol. The fraction of sp³-hybridized carbons (Fsp3) is 0.250. The van der Waals surface area contributed by atoms with Gasteiger partial charge in [0.25, 0.3) is 0 Å². The molecule has 4 aromatic heterocycles. The van der Waals surface area contributed by atoms with Gasteiger partial charge in [-0.25, -0.2) is 24.6 Å². The lowest BCUT2D eigenvalue weighted by Crippen LogP contribution is -2.45. The molecule has 0 bridgehead atoms. The summed E-state index contributed by atoms with van der Waals surface area (Å²) in [6, 6.07) is 9.41. The zero-order chi connectivity index (χ0) is 24.5. The molecule has 0 unspecified atom stereocenters. The summed E-state index contributed by atoms with van der Waals surface area (Å²) in [6.45, 7) is 2.30. The quantitative estimate of drug-likeness (QED) is 0.367. The molecule has 0 radical (unpaired) electrons. The Labute approximate surface area is 205 Å². The van der Waals surface area contributed by atoms with Crippen LogP contribution in [0.2, 0.25) is 0 Å². The van der Waals surface area contributed by atoms with Gasteiger partial charge in [0, 0.05) is 55.4 Å². The predicted molar refractivity (Wildman–Crippen MR) is 129 cm³/mol. The first kappa shape index (κ1) is 21.8. The molecule has 6 rings (SSSR count). The Morgan fingerprint density at radius 1 is 1.08 bits per heavy atom. The number of benzene rings is 1. The summed E-state index contributed by atoms with van der Waals surface area (Å²) in [5, 5.41) is 21.8. The Balaban J connectivity index is 1.20. The second-order valence-corrected chi connectivity index (χ2v) is 8.48. The van der Waals surface area contributed by atoms with E-state index in [0.29, 0.717) is 54.7 Å². The molecule has 1 fully saturated rings. The molecule has 0 N–H and O–H groups in total. The average Bonchev–Trinajstić information content (AvgIpc) is 3.55. The minimum atomic E-state index is -0.155. The van der Waals surface area contributed by atoms with Crippen LogP contribution in [0.25, 0.3) is 33.7 Å². The molecular formula is C24H21N11O. The van der Waals surface area contributed by atoms with E-state index in [9.17, 15) is 5.26 Å². The van der Waals surface area contributed by atoms with Crippen molar-refractivity contribution in [2.45, 2.75) is 12.6 Å². The maximum atomic E-state index is 9.20. The summed E-state index contributed by atoms with van der Waals surface area (Å²) in [4.78, 5) is 20.4. The predicted octanol–water partition coefficient (Wildman–Crippen LogP) is 1.86. The van der Waals surface area contributed by atoms with Gasteiger partial charge in [0.15, 0.2) is 5.65 Å². The van der Waals surface area contributed by atoms with Crippen molar-refractivity contribution in [1.29, 1.82) is 5.26 Å². The fourth-order valence-corrected chi connectivity index (χ4v) is 4.17. The van der Waals surface area contributed by atoms with Crippen LogP contribution in [0.1, 0.15) is 5.56 Å². The fourth-order valence-electron chi connectivity index (χ4n) is 4.17. The van der Waals surface area contributed by atoms with Gasteiger partial charge in [-0.05, 0) is 12.1 Å². The van der Waals surface area contributed by atoms with Gasteiger partial charge in [-0.15, -0.1) is 5.10 Å². The van der Waals surface area contributed by atoms with E-state index in [-0.39, 0.29) is 6.10 Å². The van der Waals surface area contributed by atoms with Crippen molar-refractivity contribution in [1.82, 2.24) is 44.7 Å². The van der Waals surface area contributed by atoms with Crippen LogP contribution in [0.15, 0.2) is 55.2 Å². The van der Waals surface area contributed by atoms with Gasteiger partial charge < -0.3 is 9.64 Å². The first-order chi connectivity index (χ1) is 17.7. The molecule has 5 heterocycles. The number of morpholine rings is 1. The summed E-state index contributed by atoms with van der Waals surface area (Å²) in [5.41, 5.74) is 4.93. The third-order valence-electron chi connectivity index (χ3n) is 5.99. The number of hydrogen-bond acceptors (Lipinski definition) is 10. The Morgan fingerprint density at radius 2 is 1.97 bits per heavy atom. The topological polar surface area (TPSA) is 136 Å². The van der Waals surface area contributed by atoms with Crippen LogP contribution in [0.3, 0.4) is 0 Å². The molecular weight excluding hydrogens is 458 g/mol. The molecule has 36 heavy (non-hydrogen) atoms. The van der Waals surface area contributed by atoms with Crippen molar-refractivity contribution in [2.75, 3.05) is 24.6 Å². The van der Waals surface area contributed by atoms with Gasteiger partial charge in [0.1, 0.15) is 0 Å². The normalized spacial score (nSPS) is 15.8. The van der Waals surface area contributed by atoms with Gasteiger partial charge in [-0.2, -0.15) is 10.4 Å². The molecule has 12 nitrogen and oxygen atoms in total. The molecule has 0 saturated carbocycles. The number of aryl methyl sites for hydroxylation is 1. The molecule has 0 amide bonds. The number of nitrogens with zero attached hydrogens (tertiary/aromatic N) is 11. The highest BCUT2D eigenvalue weighted by atomic mass is 16.5. The standard InChI is InChI=1S/C24H21N11O/c1-33-13-19(11-29-33)18-9-27-24(28-10-18)34-5-6-36-20(14-34)15-35-23-22(31-32-35)26-12-21(30-23)17-4-2-3-16(7-17)8-25/h2-4,7,9-13,20H,5-6,14-15H2,1H3/t20-/m1/s1. The van der Waals surface area contributed by atoms with E-state index >= 15 is 0 Å². The van der Waals surface area contributed by atoms with Crippen molar-refractivity contribution in [3.05, 3.63) is 60.8 Å². The van der Waals surface area contributed by atoms with E-state index in [1.165, 1.54) is 0 Å². The zero-order valence-corrected chi connectivity index (χ0v) is 19.4. The van der Waals surface area contributed by atoms with Crippen LogP contribution < -0.4 is 4.90 Å². The molecule has 1 atom stereocenters. The van der Waals surface area contributed by atoms with Crippen LogP contribution in [-0.4, -0.2) is 70.5 Å². The molecule has 0 aliphatic carbocycles. The van der Waals surface area contributed by atoms with Gasteiger partial charge in [-0.1, -0.05) is 17.3 Å². The number of anilines is 1. The van der Waals surface area contributed by atoms with Crippen molar-refractivity contribution in [3.63, 3.8) is 0 Å². The van der Waals surface area contributed by atoms with Gasteiger partial charge >= 0.3 is 0 Å². The number of hydrogen-bond donors (Lipinski definition) is 0. The molecule has 5 aromatic rings. The second kappa shape index (κ2) is 9.12. The molecule has 0 spiro atoms. The summed E-state index contributed by atoms with van der Waals surface area (Å²) in [7, 11) is 1.88.